The molecule has 0 amide bonds. The third kappa shape index (κ3) is 10.7. The van der Waals surface area contributed by atoms with Crippen LogP contribution in [0, 0.1) is 25.7 Å². The van der Waals surface area contributed by atoms with Crippen LogP contribution in [0.5, 0.6) is 5.88 Å². The lowest BCUT2D eigenvalue weighted by Crippen LogP contribution is -2.49. The highest BCUT2D eigenvalue weighted by molar-refractivity contribution is 7.17. The molecule has 0 radical (unpaired) electrons. The molecule has 314 valence electrons. The summed E-state index contributed by atoms with van der Waals surface area (Å²) in [5, 5.41) is 13.0. The Bertz CT molecular complexity index is 2150. The number of anilines is 1. The molecule has 7 nitrogen and oxygen atoms in total. The quantitative estimate of drug-likeness (QED) is 0.0666. The monoisotopic (exact) mass is 808 g/mol. The Labute approximate surface area is 352 Å². The summed E-state index contributed by atoms with van der Waals surface area (Å²) in [4.78, 5) is 51.0. The van der Waals surface area contributed by atoms with E-state index in [9.17, 15) is 19.5 Å². The second-order valence-electron chi connectivity index (χ2n) is 17.0. The van der Waals surface area contributed by atoms with Crippen molar-refractivity contribution in [1.29, 1.82) is 0 Å². The Morgan fingerprint density at radius 3 is 1.90 bits per heavy atom. The summed E-state index contributed by atoms with van der Waals surface area (Å²) in [6.45, 7) is 29.1. The molecule has 3 unspecified atom stereocenters. The minimum Gasteiger partial charge on any atom is -0.494 e. The lowest BCUT2D eigenvalue weighted by atomic mass is 9.85. The van der Waals surface area contributed by atoms with Crippen LogP contribution in [-0.2, 0) is 4.79 Å². The van der Waals surface area contributed by atoms with Crippen LogP contribution in [0.25, 0.3) is 23.9 Å². The summed E-state index contributed by atoms with van der Waals surface area (Å²) in [6, 6.07) is 11.4. The van der Waals surface area contributed by atoms with Gasteiger partial charge in [0, 0.05) is 35.0 Å². The van der Waals surface area contributed by atoms with Crippen LogP contribution in [0.3, 0.4) is 0 Å². The first-order chi connectivity index (χ1) is 27.6. The molecule has 8 heteroatoms. The number of unbranched alkanes of at least 4 members (excludes halogenated alkanes) is 2. The summed E-state index contributed by atoms with van der Waals surface area (Å²) >= 11 is 1.59. The van der Waals surface area contributed by atoms with Crippen LogP contribution in [0.1, 0.15) is 169 Å². The van der Waals surface area contributed by atoms with E-state index in [1.165, 1.54) is 36.5 Å². The van der Waals surface area contributed by atoms with Gasteiger partial charge < -0.3 is 10.0 Å². The molecule has 0 saturated carbocycles. The molecule has 0 fully saturated rings. The number of pyridine rings is 1. The van der Waals surface area contributed by atoms with Crippen molar-refractivity contribution >= 4 is 40.7 Å². The normalized spacial score (nSPS) is 13.6. The molecule has 0 bridgehead atoms. The van der Waals surface area contributed by atoms with Gasteiger partial charge in [0.2, 0.25) is 0 Å². The van der Waals surface area contributed by atoms with Crippen LogP contribution < -0.4 is 20.9 Å². The van der Waals surface area contributed by atoms with Gasteiger partial charge in [0.15, 0.2) is 28.6 Å². The molecule has 2 aromatic carbocycles. The van der Waals surface area contributed by atoms with Crippen LogP contribution >= 0.6 is 11.3 Å². The topological polar surface area (TPSA) is 92.5 Å². The number of nitrogens with zero attached hydrogens (tertiary/aromatic N) is 3. The largest absolute Gasteiger partial charge is 0.494 e. The predicted molar refractivity (Wildman–Crippen MR) is 245 cm³/mol. The Morgan fingerprint density at radius 1 is 0.897 bits per heavy atom. The van der Waals surface area contributed by atoms with Crippen molar-refractivity contribution in [2.75, 3.05) is 18.0 Å². The van der Waals surface area contributed by atoms with Gasteiger partial charge in [-0.05, 0) is 79.7 Å². The lowest BCUT2D eigenvalue weighted by molar-refractivity contribution is -0.119. The second kappa shape index (κ2) is 21.1. The fourth-order valence-electron chi connectivity index (χ4n) is 8.08. The summed E-state index contributed by atoms with van der Waals surface area (Å²) in [6.07, 6.45) is 11.0. The number of thiazole rings is 1. The molecule has 3 atom stereocenters. The van der Waals surface area contributed by atoms with Crippen LogP contribution in [0.4, 0.5) is 5.13 Å². The maximum Gasteiger partial charge on any atom is 0.262 e. The predicted octanol–water partition coefficient (Wildman–Crippen LogP) is 11.0. The molecule has 0 saturated heterocycles. The molecule has 1 N–H and O–H groups in total. The van der Waals surface area contributed by atoms with E-state index in [0.717, 1.165) is 77.4 Å². The average molecular weight is 808 g/mol. The Kier molecular flexibility index (Phi) is 16.9. The Morgan fingerprint density at radius 2 is 1.43 bits per heavy atom. The zero-order chi connectivity index (χ0) is 42.8. The number of aromatic nitrogens is 2. The van der Waals surface area contributed by atoms with E-state index in [4.69, 9.17) is 4.98 Å². The summed E-state index contributed by atoms with van der Waals surface area (Å²) in [5.41, 5.74) is 5.45. The number of ketones is 2. The Balaban J connectivity index is 2.14. The van der Waals surface area contributed by atoms with Crippen molar-refractivity contribution in [3.8, 4) is 17.1 Å². The molecule has 58 heavy (non-hydrogen) atoms. The van der Waals surface area contributed by atoms with Gasteiger partial charge in [-0.15, -0.1) is 0 Å². The zero-order valence-corrected chi connectivity index (χ0v) is 38.0. The highest BCUT2D eigenvalue weighted by Gasteiger charge is 2.31. The van der Waals surface area contributed by atoms with Gasteiger partial charge in [-0.2, -0.15) is 0 Å². The van der Waals surface area contributed by atoms with E-state index >= 15 is 0 Å². The molecule has 2 aromatic heterocycles. The van der Waals surface area contributed by atoms with E-state index in [-0.39, 0.29) is 22.6 Å². The lowest BCUT2D eigenvalue weighted by Gasteiger charge is -2.30. The molecule has 0 aliphatic heterocycles. The Hall–Kier alpha value is -4.30. The minimum absolute atomic E-state index is 0.204. The van der Waals surface area contributed by atoms with Gasteiger partial charge in [-0.25, -0.2) is 4.98 Å². The van der Waals surface area contributed by atoms with Gasteiger partial charge in [-0.3, -0.25) is 19.0 Å². The van der Waals surface area contributed by atoms with Crippen molar-refractivity contribution in [2.45, 2.75) is 145 Å². The van der Waals surface area contributed by atoms with Crippen molar-refractivity contribution < 1.29 is 14.7 Å². The van der Waals surface area contributed by atoms with E-state index in [1.54, 1.807) is 48.6 Å². The second-order valence-corrected chi connectivity index (χ2v) is 18.0. The first-order valence-corrected chi connectivity index (χ1v) is 22.6. The van der Waals surface area contributed by atoms with E-state index < -0.39 is 29.0 Å². The molecule has 4 rings (SSSR count). The minimum atomic E-state index is -1.55. The maximum absolute atomic E-state index is 14.8. The molecule has 2 heterocycles. The van der Waals surface area contributed by atoms with E-state index in [1.807, 2.05) is 6.08 Å². The molecular weight excluding hydrogens is 739 g/mol. The number of aryl methyl sites for hydroxylation is 1. The number of rotatable bonds is 21. The standard InChI is InChI=1S/C50H69N3O4S/c1-13-17-22-37(15-3)29-52(30-38(16-4)23-18-14-2)50-51-45(44-40(31(5)6)26-33(9)27-41(44)32(7)8)43(58-50)28-42-34(10)35(11)48(56)53(49(42)57)46(36(12)54)47(55)39-24-20-19-21-25-39/h19-21,24-28,31-32,37-38,46,56H,10,13-18,22-23,29-30H2,1-9,11-12H3/b42-28-. The number of Topliss-reactive ketones (excluding diaryl/α,β-unsaturated/α-hetero) is 2. The summed E-state index contributed by atoms with van der Waals surface area (Å²) in [5.74, 6) is -0.103. The molecule has 0 aliphatic carbocycles. The van der Waals surface area contributed by atoms with E-state index in [0.29, 0.717) is 22.6 Å². The van der Waals surface area contributed by atoms with Gasteiger partial charge in [-0.1, -0.05) is 160 Å². The first-order valence-electron chi connectivity index (χ1n) is 21.7. The number of hydrogen-bond acceptors (Lipinski definition) is 7. The van der Waals surface area contributed by atoms with Gasteiger partial charge in [0.1, 0.15) is 0 Å². The molecular formula is C50H69N3O4S. The van der Waals surface area contributed by atoms with Gasteiger partial charge >= 0.3 is 0 Å². The maximum atomic E-state index is 14.8. The van der Waals surface area contributed by atoms with Crippen molar-refractivity contribution in [3.05, 3.63) is 96.0 Å². The number of aromatic hydroxyl groups is 1. The van der Waals surface area contributed by atoms with Crippen molar-refractivity contribution in [3.63, 3.8) is 0 Å². The van der Waals surface area contributed by atoms with Crippen molar-refractivity contribution in [2.24, 2.45) is 11.8 Å². The number of carbonyl (C=O) groups excluding carboxylic acids is 2. The highest BCUT2D eigenvalue weighted by atomic mass is 32.1. The summed E-state index contributed by atoms with van der Waals surface area (Å²) in [7, 11) is 0. The smallest absolute Gasteiger partial charge is 0.262 e. The first kappa shape index (κ1) is 46.4. The molecule has 4 aromatic rings. The third-order valence-corrected chi connectivity index (χ3v) is 12.9. The fourth-order valence-corrected chi connectivity index (χ4v) is 9.12. The summed E-state index contributed by atoms with van der Waals surface area (Å²) < 4.78 is 0.964. The van der Waals surface area contributed by atoms with Gasteiger partial charge in [0.05, 0.1) is 10.6 Å². The molecule has 0 spiro atoms. The van der Waals surface area contributed by atoms with Gasteiger partial charge in [0.25, 0.3) is 5.56 Å². The van der Waals surface area contributed by atoms with E-state index in [2.05, 4.69) is 85.9 Å². The fraction of sp³-hybridized carbons (Fsp3) is 0.520. The molecule has 0 aliphatic rings. The van der Waals surface area contributed by atoms with Crippen LogP contribution in [-0.4, -0.2) is 39.3 Å². The number of hydrogen-bond donors (Lipinski definition) is 1. The van der Waals surface area contributed by atoms with Crippen LogP contribution in [0.15, 0.2) is 47.3 Å². The zero-order valence-electron chi connectivity index (χ0n) is 37.2. The third-order valence-electron chi connectivity index (χ3n) is 11.8. The SMILES string of the molecule is C=c1c(C)c(O)n(C(C(C)=O)C(=O)c2ccccc2)c(=O)/c1=C\c1sc(N(CC(CC)CCCC)CC(CC)CCCC)nc1-c1c(C(C)C)cc(C)cc1C(C)C. The highest BCUT2D eigenvalue weighted by Crippen LogP contribution is 2.42. The number of carbonyl (C=O) groups is 2. The number of benzene rings is 2. The van der Waals surface area contributed by atoms with Crippen molar-refractivity contribution in [1.82, 2.24) is 9.55 Å². The van der Waals surface area contributed by atoms with Crippen LogP contribution in [0.2, 0.25) is 0 Å². The average Bonchev–Trinajstić information content (AvgIpc) is 3.62.